The van der Waals surface area contributed by atoms with E-state index in [2.05, 4.69) is 42.4 Å². The van der Waals surface area contributed by atoms with Crippen molar-refractivity contribution in [2.45, 2.75) is 32.6 Å². The van der Waals surface area contributed by atoms with E-state index >= 15 is 0 Å². The first-order chi connectivity index (χ1) is 14.0. The Morgan fingerprint density at radius 1 is 1.13 bits per heavy atom. The molecule has 0 spiro atoms. The lowest BCUT2D eigenvalue weighted by Crippen LogP contribution is -2.41. The van der Waals surface area contributed by atoms with E-state index in [0.29, 0.717) is 6.54 Å². The van der Waals surface area contributed by atoms with Crippen molar-refractivity contribution in [3.05, 3.63) is 23.8 Å². The maximum atomic E-state index is 5.45. The second-order valence-electron chi connectivity index (χ2n) is 7.88. The molecule has 1 aromatic rings. The molecule has 1 fully saturated rings. The summed E-state index contributed by atoms with van der Waals surface area (Å²) in [7, 11) is 3.32. The number of nitrogens with zero attached hydrogens (tertiary/aromatic N) is 2. The van der Waals surface area contributed by atoms with Gasteiger partial charge in [-0.25, -0.2) is 0 Å². The van der Waals surface area contributed by atoms with E-state index in [1.165, 1.54) is 5.56 Å². The average molecular weight is 534 g/mol. The number of ether oxygens (including phenoxy) is 3. The number of benzene rings is 1. The number of methoxy groups -OCH3 is 2. The van der Waals surface area contributed by atoms with Gasteiger partial charge >= 0.3 is 0 Å². The van der Waals surface area contributed by atoms with Crippen molar-refractivity contribution in [2.24, 2.45) is 4.99 Å². The molecule has 30 heavy (non-hydrogen) atoms. The number of rotatable bonds is 10. The van der Waals surface area contributed by atoms with Crippen LogP contribution in [0.2, 0.25) is 0 Å². The molecule has 1 aliphatic rings. The van der Waals surface area contributed by atoms with Gasteiger partial charge in [0.15, 0.2) is 17.5 Å². The largest absolute Gasteiger partial charge is 0.493 e. The first-order valence-corrected chi connectivity index (χ1v) is 10.5. The number of nitrogens with one attached hydrogen (secondary N) is 2. The number of guanidine groups is 1. The second kappa shape index (κ2) is 13.9. The minimum Gasteiger partial charge on any atom is -0.493 e. The van der Waals surface area contributed by atoms with Crippen LogP contribution >= 0.6 is 24.0 Å². The lowest BCUT2D eigenvalue weighted by Gasteiger charge is -2.26. The maximum absolute atomic E-state index is 5.45. The van der Waals surface area contributed by atoms with Crippen LogP contribution in [0.15, 0.2) is 23.2 Å². The van der Waals surface area contributed by atoms with Crippen molar-refractivity contribution in [3.8, 4) is 11.5 Å². The minimum atomic E-state index is -0.129. The van der Waals surface area contributed by atoms with E-state index in [-0.39, 0.29) is 29.4 Å². The predicted molar refractivity (Wildman–Crippen MR) is 134 cm³/mol. The SMILES string of the molecule is CCNC(=NCC(C)(C)c1ccc(OC)c(OC)c1)NCCCN1CCOCC1.I. The first-order valence-electron chi connectivity index (χ1n) is 10.5. The van der Waals surface area contributed by atoms with Gasteiger partial charge in [-0.3, -0.25) is 9.89 Å². The standard InChI is InChI=1S/C22H38N4O3.HI/c1-6-23-21(24-10-7-11-26-12-14-29-15-13-26)25-17-22(2,3)18-8-9-19(27-4)20(16-18)28-5;/h8-9,16H,6-7,10-15,17H2,1-5H3,(H2,23,24,25);1H. The molecule has 1 heterocycles. The average Bonchev–Trinajstić information content (AvgIpc) is 2.75. The molecule has 1 aliphatic heterocycles. The highest BCUT2D eigenvalue weighted by Gasteiger charge is 2.22. The first kappa shape index (κ1) is 26.8. The molecule has 0 bridgehead atoms. The number of morpholine rings is 1. The lowest BCUT2D eigenvalue weighted by atomic mass is 9.84. The molecule has 0 aliphatic carbocycles. The number of hydrogen-bond donors (Lipinski definition) is 2. The molecule has 0 atom stereocenters. The van der Waals surface area contributed by atoms with Gasteiger partial charge < -0.3 is 24.8 Å². The molecule has 7 nitrogen and oxygen atoms in total. The fraction of sp³-hybridized carbons (Fsp3) is 0.682. The van der Waals surface area contributed by atoms with Crippen molar-refractivity contribution in [3.63, 3.8) is 0 Å². The van der Waals surface area contributed by atoms with Crippen molar-refractivity contribution in [1.82, 2.24) is 15.5 Å². The van der Waals surface area contributed by atoms with Crippen LogP contribution in [0, 0.1) is 0 Å². The minimum absolute atomic E-state index is 0. The molecule has 2 rings (SSSR count). The molecule has 1 saturated heterocycles. The van der Waals surface area contributed by atoms with Gasteiger partial charge in [-0.05, 0) is 37.6 Å². The van der Waals surface area contributed by atoms with Crippen LogP contribution in [0.5, 0.6) is 11.5 Å². The normalized spacial score (nSPS) is 15.3. The Kier molecular flexibility index (Phi) is 12.4. The molecular formula is C22H39IN4O3. The van der Waals surface area contributed by atoms with E-state index in [4.69, 9.17) is 19.2 Å². The van der Waals surface area contributed by atoms with Crippen LogP contribution in [0.4, 0.5) is 0 Å². The number of halogens is 1. The van der Waals surface area contributed by atoms with Crippen molar-refractivity contribution >= 4 is 29.9 Å². The third kappa shape index (κ3) is 8.47. The quantitative estimate of drug-likeness (QED) is 0.208. The van der Waals surface area contributed by atoms with Crippen molar-refractivity contribution in [2.75, 3.05) is 66.7 Å². The number of aliphatic imine (C=N–C) groups is 1. The number of hydrogen-bond acceptors (Lipinski definition) is 5. The van der Waals surface area contributed by atoms with Crippen molar-refractivity contribution < 1.29 is 14.2 Å². The summed E-state index contributed by atoms with van der Waals surface area (Å²) >= 11 is 0. The van der Waals surface area contributed by atoms with Gasteiger partial charge in [0.05, 0.1) is 34.0 Å². The molecule has 8 heteroatoms. The van der Waals surface area contributed by atoms with Crippen molar-refractivity contribution in [1.29, 1.82) is 0 Å². The Balaban J connectivity index is 0.00000450. The van der Waals surface area contributed by atoms with Crippen LogP contribution < -0.4 is 20.1 Å². The van der Waals surface area contributed by atoms with Gasteiger partial charge in [-0.15, -0.1) is 24.0 Å². The van der Waals surface area contributed by atoms with Gasteiger partial charge in [-0.1, -0.05) is 19.9 Å². The summed E-state index contributed by atoms with van der Waals surface area (Å²) in [6.07, 6.45) is 1.09. The highest BCUT2D eigenvalue weighted by Crippen LogP contribution is 2.33. The van der Waals surface area contributed by atoms with E-state index in [1.807, 2.05) is 12.1 Å². The molecule has 172 valence electrons. The summed E-state index contributed by atoms with van der Waals surface area (Å²) < 4.78 is 16.2. The summed E-state index contributed by atoms with van der Waals surface area (Å²) in [6, 6.07) is 6.07. The van der Waals surface area contributed by atoms with Gasteiger partial charge in [0.2, 0.25) is 0 Å². The summed E-state index contributed by atoms with van der Waals surface area (Å²) in [5.41, 5.74) is 1.04. The van der Waals surface area contributed by atoms with Gasteiger partial charge in [0, 0.05) is 31.6 Å². The molecule has 0 radical (unpaired) electrons. The van der Waals surface area contributed by atoms with E-state index < -0.39 is 0 Å². The van der Waals surface area contributed by atoms with Crippen LogP contribution in [-0.2, 0) is 10.2 Å². The van der Waals surface area contributed by atoms with Gasteiger partial charge in [0.1, 0.15) is 0 Å². The predicted octanol–water partition coefficient (Wildman–Crippen LogP) is 2.88. The molecular weight excluding hydrogens is 495 g/mol. The van der Waals surface area contributed by atoms with Gasteiger partial charge in [0.25, 0.3) is 0 Å². The molecule has 0 aromatic heterocycles. The Morgan fingerprint density at radius 2 is 1.83 bits per heavy atom. The Bertz CT molecular complexity index is 649. The maximum Gasteiger partial charge on any atom is 0.191 e. The Hall–Kier alpha value is -1.26. The van der Waals surface area contributed by atoms with Gasteiger partial charge in [-0.2, -0.15) is 0 Å². The zero-order valence-electron chi connectivity index (χ0n) is 19.1. The summed E-state index contributed by atoms with van der Waals surface area (Å²) in [5.74, 6) is 2.35. The molecule has 0 saturated carbocycles. The highest BCUT2D eigenvalue weighted by molar-refractivity contribution is 14.0. The zero-order valence-corrected chi connectivity index (χ0v) is 21.5. The van der Waals surface area contributed by atoms with E-state index in [0.717, 1.165) is 69.8 Å². The van der Waals surface area contributed by atoms with E-state index in [1.54, 1.807) is 14.2 Å². The summed E-state index contributed by atoms with van der Waals surface area (Å²) in [6.45, 7) is 13.7. The molecule has 2 N–H and O–H groups in total. The fourth-order valence-corrected chi connectivity index (χ4v) is 3.30. The highest BCUT2D eigenvalue weighted by atomic mass is 127. The van der Waals surface area contributed by atoms with E-state index in [9.17, 15) is 0 Å². The zero-order chi connectivity index (χ0) is 21.1. The van der Waals surface area contributed by atoms with Crippen LogP contribution in [0.25, 0.3) is 0 Å². The third-order valence-electron chi connectivity index (χ3n) is 5.19. The topological polar surface area (TPSA) is 67.4 Å². The molecule has 0 unspecified atom stereocenters. The second-order valence-corrected chi connectivity index (χ2v) is 7.88. The Labute approximate surface area is 199 Å². The third-order valence-corrected chi connectivity index (χ3v) is 5.19. The molecule has 1 aromatic carbocycles. The van der Waals surface area contributed by atoms with Crippen LogP contribution in [0.1, 0.15) is 32.8 Å². The Morgan fingerprint density at radius 3 is 2.47 bits per heavy atom. The lowest BCUT2D eigenvalue weighted by molar-refractivity contribution is 0.0376. The smallest absolute Gasteiger partial charge is 0.191 e. The van der Waals surface area contributed by atoms with Crippen LogP contribution in [-0.4, -0.2) is 77.6 Å². The van der Waals surface area contributed by atoms with Crippen LogP contribution in [0.3, 0.4) is 0 Å². The molecule has 0 amide bonds. The monoisotopic (exact) mass is 534 g/mol. The summed E-state index contributed by atoms with van der Waals surface area (Å²) in [4.78, 5) is 7.29. The fourth-order valence-electron chi connectivity index (χ4n) is 3.30. The summed E-state index contributed by atoms with van der Waals surface area (Å²) in [5, 5.41) is 6.81.